The number of nitrogens with one attached hydrogen (secondary N) is 1. The largest absolute Gasteiger partial charge is 0.385 e. The number of carbonyl (C=O) groups excluding carboxylic acids is 1. The molecule has 2 saturated heterocycles. The predicted molar refractivity (Wildman–Crippen MR) is 149 cm³/mol. The Bertz CT molecular complexity index is 1160. The Kier molecular flexibility index (Phi) is 7.37. The normalized spacial score (nSPS) is 19.6. The van der Waals surface area contributed by atoms with Crippen molar-refractivity contribution in [1.82, 2.24) is 14.7 Å². The predicted octanol–water partition coefficient (Wildman–Crippen LogP) is 2.55. The molecule has 1 amide bonds. The molecule has 3 aliphatic heterocycles. The van der Waals surface area contributed by atoms with E-state index in [1.54, 1.807) is 0 Å². The number of fused-ring (bicyclic) bond motifs is 1. The van der Waals surface area contributed by atoms with Crippen molar-refractivity contribution in [3.63, 3.8) is 0 Å². The maximum Gasteiger partial charge on any atom is 0.248 e. The van der Waals surface area contributed by atoms with Gasteiger partial charge in [-0.1, -0.05) is 18.2 Å². The highest BCUT2D eigenvalue weighted by Crippen LogP contribution is 2.32. The van der Waals surface area contributed by atoms with Crippen LogP contribution < -0.4 is 16.4 Å². The van der Waals surface area contributed by atoms with Crippen molar-refractivity contribution in [3.05, 3.63) is 76.6 Å². The number of anilines is 1. The number of primary amides is 1. The zero-order chi connectivity index (χ0) is 25.9. The highest BCUT2D eigenvalue weighted by atomic mass is 16.1. The monoisotopic (exact) mass is 501 g/mol. The van der Waals surface area contributed by atoms with Crippen LogP contribution in [0.15, 0.2) is 54.4 Å². The Balaban J connectivity index is 1.19. The summed E-state index contributed by atoms with van der Waals surface area (Å²) in [7, 11) is 2.13. The van der Waals surface area contributed by atoms with E-state index in [0.29, 0.717) is 23.1 Å². The van der Waals surface area contributed by atoms with Crippen LogP contribution in [0.25, 0.3) is 0 Å². The molecule has 5 N–H and O–H groups in total. The van der Waals surface area contributed by atoms with Crippen molar-refractivity contribution in [2.24, 2.45) is 11.5 Å². The first kappa shape index (κ1) is 25.1. The quantitative estimate of drug-likeness (QED) is 0.430. The molecular formula is C29H39N7O. The first-order valence-corrected chi connectivity index (χ1v) is 13.4. The third-order valence-corrected chi connectivity index (χ3v) is 8.22. The summed E-state index contributed by atoms with van der Waals surface area (Å²) < 4.78 is 0. The molecule has 37 heavy (non-hydrogen) atoms. The molecule has 5 rings (SSSR count). The topological polar surface area (TPSA) is 106 Å². The van der Waals surface area contributed by atoms with Crippen molar-refractivity contribution in [2.45, 2.75) is 31.7 Å². The number of amidine groups is 1. The van der Waals surface area contributed by atoms with E-state index in [9.17, 15) is 4.79 Å². The summed E-state index contributed by atoms with van der Waals surface area (Å²) in [5.74, 6) is 1.32. The van der Waals surface area contributed by atoms with Gasteiger partial charge in [0.15, 0.2) is 0 Å². The van der Waals surface area contributed by atoms with Crippen LogP contribution in [0.5, 0.6) is 0 Å². The lowest BCUT2D eigenvalue weighted by atomic mass is 9.88. The van der Waals surface area contributed by atoms with Gasteiger partial charge in [-0.3, -0.25) is 10.2 Å². The molecule has 3 aliphatic rings. The number of hydrogen-bond donors (Lipinski definition) is 3. The minimum atomic E-state index is -0.378. The Morgan fingerprint density at radius 3 is 2.27 bits per heavy atom. The summed E-state index contributed by atoms with van der Waals surface area (Å²) in [6.45, 7) is 7.42. The Morgan fingerprint density at radius 1 is 0.892 bits per heavy atom. The minimum Gasteiger partial charge on any atom is -0.385 e. The van der Waals surface area contributed by atoms with Crippen LogP contribution in [0.1, 0.15) is 45.8 Å². The van der Waals surface area contributed by atoms with Crippen LogP contribution in [-0.4, -0.2) is 79.3 Å². The first-order chi connectivity index (χ1) is 17.9. The van der Waals surface area contributed by atoms with E-state index in [0.717, 1.165) is 71.6 Å². The molecule has 196 valence electrons. The Hall–Kier alpha value is -3.52. The number of amides is 1. The average Bonchev–Trinajstić information content (AvgIpc) is 2.93. The molecule has 0 atom stereocenters. The second kappa shape index (κ2) is 10.8. The SMILES string of the molecule is CN1CCN(/C(N)=C/C(=N)N2CCc3ccc(N4CCC(c5ccc(C(N)=O)cc5)CC4)cc3C2)CC1. The highest BCUT2D eigenvalue weighted by molar-refractivity contribution is 5.92. The van der Waals surface area contributed by atoms with E-state index < -0.39 is 0 Å². The van der Waals surface area contributed by atoms with Gasteiger partial charge in [0.1, 0.15) is 11.7 Å². The van der Waals surface area contributed by atoms with Crippen molar-refractivity contribution in [2.75, 3.05) is 57.8 Å². The van der Waals surface area contributed by atoms with Crippen LogP contribution in [0.4, 0.5) is 5.69 Å². The van der Waals surface area contributed by atoms with E-state index in [1.165, 1.54) is 22.4 Å². The average molecular weight is 502 g/mol. The molecule has 8 nitrogen and oxygen atoms in total. The lowest BCUT2D eigenvalue weighted by molar-refractivity contribution is 0.1000. The zero-order valence-electron chi connectivity index (χ0n) is 21.8. The van der Waals surface area contributed by atoms with E-state index in [2.05, 4.69) is 44.8 Å². The van der Waals surface area contributed by atoms with Gasteiger partial charge in [-0.25, -0.2) is 0 Å². The maximum atomic E-state index is 11.4. The fourth-order valence-electron chi connectivity index (χ4n) is 5.72. The smallest absolute Gasteiger partial charge is 0.248 e. The van der Waals surface area contributed by atoms with Crippen molar-refractivity contribution >= 4 is 17.4 Å². The maximum absolute atomic E-state index is 11.4. The van der Waals surface area contributed by atoms with Crippen LogP contribution in [0, 0.1) is 5.41 Å². The first-order valence-electron chi connectivity index (χ1n) is 13.4. The molecule has 3 heterocycles. The van der Waals surface area contributed by atoms with E-state index in [-0.39, 0.29) is 5.91 Å². The molecule has 8 heteroatoms. The number of nitrogens with zero attached hydrogens (tertiary/aromatic N) is 4. The molecule has 0 aromatic heterocycles. The van der Waals surface area contributed by atoms with E-state index in [4.69, 9.17) is 16.9 Å². The molecule has 0 spiro atoms. The fraction of sp³-hybridized carbons (Fsp3) is 0.448. The molecule has 2 fully saturated rings. The van der Waals surface area contributed by atoms with Crippen molar-refractivity contribution in [1.29, 1.82) is 5.41 Å². The van der Waals surface area contributed by atoms with Crippen LogP contribution >= 0.6 is 0 Å². The third kappa shape index (κ3) is 5.74. The molecule has 2 aromatic carbocycles. The van der Waals surface area contributed by atoms with Gasteiger partial charge >= 0.3 is 0 Å². The number of hydrogen-bond acceptors (Lipinski definition) is 6. The molecule has 0 bridgehead atoms. The van der Waals surface area contributed by atoms with Gasteiger partial charge in [0.25, 0.3) is 0 Å². The minimum absolute atomic E-state index is 0.378. The van der Waals surface area contributed by atoms with Crippen LogP contribution in [0.2, 0.25) is 0 Å². The molecule has 2 aromatic rings. The Labute approximate surface area is 220 Å². The summed E-state index contributed by atoms with van der Waals surface area (Å²) in [4.78, 5) is 20.5. The third-order valence-electron chi connectivity index (χ3n) is 8.22. The number of nitrogens with two attached hydrogens (primary N) is 2. The van der Waals surface area contributed by atoms with Crippen molar-refractivity contribution in [3.8, 4) is 0 Å². The number of piperidine rings is 1. The van der Waals surface area contributed by atoms with Crippen LogP contribution in [0.3, 0.4) is 0 Å². The molecule has 0 aliphatic carbocycles. The summed E-state index contributed by atoms with van der Waals surface area (Å²) in [6, 6.07) is 14.6. The molecular weight excluding hydrogens is 462 g/mol. The van der Waals surface area contributed by atoms with Gasteiger partial charge in [-0.05, 0) is 73.2 Å². The number of likely N-dealkylation sites (N-methyl/N-ethyl adjacent to an activating group) is 1. The number of carbonyl (C=O) groups is 1. The van der Waals surface area contributed by atoms with E-state index in [1.807, 2.05) is 30.3 Å². The molecule has 0 saturated carbocycles. The summed E-state index contributed by atoms with van der Waals surface area (Å²) in [5, 5.41) is 8.70. The van der Waals surface area contributed by atoms with E-state index >= 15 is 0 Å². The fourth-order valence-corrected chi connectivity index (χ4v) is 5.72. The lowest BCUT2D eigenvalue weighted by Crippen LogP contribution is -2.46. The highest BCUT2D eigenvalue weighted by Gasteiger charge is 2.24. The van der Waals surface area contributed by atoms with Gasteiger partial charge in [0.05, 0.1) is 0 Å². The van der Waals surface area contributed by atoms with Crippen molar-refractivity contribution < 1.29 is 4.79 Å². The summed E-state index contributed by atoms with van der Waals surface area (Å²) >= 11 is 0. The van der Waals surface area contributed by atoms with Gasteiger partial charge in [0.2, 0.25) is 5.91 Å². The second-order valence-electron chi connectivity index (χ2n) is 10.6. The standard InChI is InChI=1S/C29H39N7O/c1-33-14-16-35(17-15-33)27(30)19-28(31)36-13-10-22-6-7-26(18-25(22)20-36)34-11-8-23(9-12-34)21-2-4-24(5-3-21)29(32)37/h2-7,18-19,23,31H,8-17,20,30H2,1H3,(H2,32,37)/b27-19+,31-28?. The van der Waals surface area contributed by atoms with Gasteiger partial charge in [-0.2, -0.15) is 0 Å². The number of rotatable bonds is 5. The van der Waals surface area contributed by atoms with Gasteiger partial charge in [-0.15, -0.1) is 0 Å². The lowest BCUT2D eigenvalue weighted by Gasteiger charge is -2.36. The number of benzene rings is 2. The van der Waals surface area contributed by atoms with Crippen LogP contribution in [-0.2, 0) is 13.0 Å². The molecule has 0 radical (unpaired) electrons. The van der Waals surface area contributed by atoms with Gasteiger partial charge in [0, 0.05) is 69.7 Å². The molecule has 0 unspecified atom stereocenters. The zero-order valence-corrected chi connectivity index (χ0v) is 21.8. The summed E-state index contributed by atoms with van der Waals surface area (Å²) in [5.41, 5.74) is 17.6. The number of piperazine rings is 1. The second-order valence-corrected chi connectivity index (χ2v) is 10.6. The summed E-state index contributed by atoms with van der Waals surface area (Å²) in [6.07, 6.45) is 4.95. The van der Waals surface area contributed by atoms with Gasteiger partial charge < -0.3 is 31.1 Å². The Morgan fingerprint density at radius 2 is 1.59 bits per heavy atom.